The van der Waals surface area contributed by atoms with Crippen LogP contribution in [0.4, 0.5) is 11.4 Å². The quantitative estimate of drug-likeness (QED) is 0.308. The number of nitrogens with two attached hydrogens (primary N) is 1. The van der Waals surface area contributed by atoms with Gasteiger partial charge in [-0.05, 0) is 29.4 Å². The second-order valence-electron chi connectivity index (χ2n) is 8.28. The predicted molar refractivity (Wildman–Crippen MR) is 136 cm³/mol. The highest BCUT2D eigenvalue weighted by atomic mass is 32.1. The van der Waals surface area contributed by atoms with Gasteiger partial charge in [0.2, 0.25) is 0 Å². The van der Waals surface area contributed by atoms with E-state index in [9.17, 15) is 4.79 Å². The molecule has 1 aliphatic rings. The number of imidazole rings is 1. The highest BCUT2D eigenvalue weighted by Crippen LogP contribution is 2.29. The van der Waals surface area contributed by atoms with Gasteiger partial charge in [-0.25, -0.2) is 4.98 Å². The number of nitrogens with zero attached hydrogens (tertiary/aromatic N) is 3. The standard InChI is InChI=1S/C19H23B3N6OS/c1-27-2-4-28(5-3-27)16-9(20)7-10-15(13(16)22)25-17(24-10)12-14(23)8-6-11(21)30-19(8)26-18(12)29/h6-7H,2-5,20-22H2,1H3,(H,24,25)(H3,23,26,29). The topological polar surface area (TPSA) is 94.0 Å². The minimum absolute atomic E-state index is 0.213. The Morgan fingerprint density at radius 2 is 1.87 bits per heavy atom. The maximum Gasteiger partial charge on any atom is 0.262 e. The van der Waals surface area contributed by atoms with Crippen molar-refractivity contribution in [2.24, 2.45) is 0 Å². The third-order valence-electron chi connectivity index (χ3n) is 6.10. The number of piperazine rings is 1. The third kappa shape index (κ3) is 2.95. The summed E-state index contributed by atoms with van der Waals surface area (Å²) < 4.78 is 1.11. The number of nitrogen functional groups attached to an aromatic ring is 1. The predicted octanol–water partition coefficient (Wildman–Crippen LogP) is -2.76. The SMILES string of the molecule is Bc1cc2c(N)c(-c3nc4c(B)c(N5CCN(C)CC5)c(B)cc4[nH]3)c(=O)[nH]c2s1. The van der Waals surface area contributed by atoms with E-state index in [1.165, 1.54) is 22.5 Å². The molecule has 150 valence electrons. The fourth-order valence-electron chi connectivity index (χ4n) is 4.57. The zero-order valence-corrected chi connectivity index (χ0v) is 18.5. The lowest BCUT2D eigenvalue weighted by atomic mass is 9.82. The van der Waals surface area contributed by atoms with Crippen LogP contribution < -0.4 is 31.9 Å². The number of pyridine rings is 1. The Balaban J connectivity index is 1.67. The van der Waals surface area contributed by atoms with Crippen LogP contribution >= 0.6 is 11.3 Å². The lowest BCUT2D eigenvalue weighted by Crippen LogP contribution is -2.48. The summed E-state index contributed by atoms with van der Waals surface area (Å²) in [4.78, 5) is 29.6. The fraction of sp³-hybridized carbons (Fsp3) is 0.263. The Hall–Kier alpha value is -2.65. The van der Waals surface area contributed by atoms with Crippen LogP contribution in [0.15, 0.2) is 16.9 Å². The van der Waals surface area contributed by atoms with Crippen LogP contribution in [0, 0.1) is 0 Å². The Kier molecular flexibility index (Phi) is 4.48. The zero-order valence-electron chi connectivity index (χ0n) is 17.7. The van der Waals surface area contributed by atoms with Crippen molar-refractivity contribution in [3.05, 3.63) is 22.5 Å². The van der Waals surface area contributed by atoms with Gasteiger partial charge in [-0.1, -0.05) is 5.46 Å². The lowest BCUT2D eigenvalue weighted by Gasteiger charge is -2.36. The molecule has 4 aromatic rings. The Morgan fingerprint density at radius 1 is 1.13 bits per heavy atom. The maximum absolute atomic E-state index is 12.8. The normalized spacial score (nSPS) is 15.4. The third-order valence-corrected chi connectivity index (χ3v) is 7.07. The summed E-state index contributed by atoms with van der Waals surface area (Å²) >= 11 is 1.54. The van der Waals surface area contributed by atoms with E-state index in [4.69, 9.17) is 10.7 Å². The summed E-state index contributed by atoms with van der Waals surface area (Å²) in [5.74, 6) is 0.521. The van der Waals surface area contributed by atoms with Crippen LogP contribution in [-0.2, 0) is 0 Å². The molecule has 0 amide bonds. The van der Waals surface area contributed by atoms with Crippen molar-refractivity contribution in [2.45, 2.75) is 0 Å². The molecule has 1 aliphatic heterocycles. The highest BCUT2D eigenvalue weighted by molar-refractivity contribution is 7.25. The second kappa shape index (κ2) is 6.96. The van der Waals surface area contributed by atoms with Gasteiger partial charge >= 0.3 is 0 Å². The summed E-state index contributed by atoms with van der Waals surface area (Å²) in [5.41, 5.74) is 12.5. The van der Waals surface area contributed by atoms with E-state index < -0.39 is 0 Å². The number of thiophene rings is 1. The van der Waals surface area contributed by atoms with Crippen molar-refractivity contribution >= 4 is 83.2 Å². The molecule has 0 aliphatic carbocycles. The summed E-state index contributed by atoms with van der Waals surface area (Å²) in [7, 11) is 8.43. The number of benzene rings is 1. The van der Waals surface area contributed by atoms with Gasteiger partial charge in [0.05, 0.1) is 16.7 Å². The van der Waals surface area contributed by atoms with E-state index in [1.807, 2.05) is 13.9 Å². The van der Waals surface area contributed by atoms with Crippen LogP contribution in [0.25, 0.3) is 32.6 Å². The molecule has 30 heavy (non-hydrogen) atoms. The van der Waals surface area contributed by atoms with Gasteiger partial charge in [-0.3, -0.25) is 4.79 Å². The Labute approximate surface area is 180 Å². The second-order valence-corrected chi connectivity index (χ2v) is 9.54. The minimum atomic E-state index is -0.213. The molecule has 4 N–H and O–H groups in total. The molecule has 1 fully saturated rings. The number of fused-ring (bicyclic) bond motifs is 2. The number of hydrogen-bond acceptors (Lipinski definition) is 6. The number of nitrogens with one attached hydrogen (secondary N) is 2. The first kappa shape index (κ1) is 19.3. The zero-order chi connectivity index (χ0) is 21.2. The molecule has 0 bridgehead atoms. The molecule has 3 aromatic heterocycles. The van der Waals surface area contributed by atoms with Crippen LogP contribution in [0.5, 0.6) is 0 Å². The lowest BCUT2D eigenvalue weighted by molar-refractivity contribution is 0.313. The number of hydrogen-bond donors (Lipinski definition) is 3. The molecule has 11 heteroatoms. The minimum Gasteiger partial charge on any atom is -0.397 e. The van der Waals surface area contributed by atoms with Crippen molar-refractivity contribution in [1.82, 2.24) is 19.9 Å². The van der Waals surface area contributed by atoms with E-state index in [0.717, 1.165) is 57.7 Å². The van der Waals surface area contributed by atoms with Gasteiger partial charge in [0.15, 0.2) is 7.85 Å². The molecular formula is C19H23B3N6OS. The van der Waals surface area contributed by atoms with E-state index in [1.54, 1.807) is 0 Å². The molecule has 5 rings (SSSR count). The molecule has 7 nitrogen and oxygen atoms in total. The van der Waals surface area contributed by atoms with Gasteiger partial charge in [0.25, 0.3) is 5.56 Å². The fourth-order valence-corrected chi connectivity index (χ4v) is 5.49. The van der Waals surface area contributed by atoms with E-state index in [-0.39, 0.29) is 5.56 Å². The summed E-state index contributed by atoms with van der Waals surface area (Å²) in [5, 5.41) is 0.874. The maximum atomic E-state index is 12.8. The Bertz CT molecular complexity index is 1350. The van der Waals surface area contributed by atoms with Gasteiger partial charge < -0.3 is 25.5 Å². The molecule has 1 aromatic carbocycles. The summed E-state index contributed by atoms with van der Waals surface area (Å²) in [6.07, 6.45) is 0. The van der Waals surface area contributed by atoms with Crippen molar-refractivity contribution in [1.29, 1.82) is 0 Å². The number of anilines is 2. The molecular weight excluding hydrogens is 393 g/mol. The van der Waals surface area contributed by atoms with Gasteiger partial charge in [0.1, 0.15) is 31.9 Å². The smallest absolute Gasteiger partial charge is 0.262 e. The van der Waals surface area contributed by atoms with Gasteiger partial charge in [-0.2, -0.15) is 0 Å². The van der Waals surface area contributed by atoms with Crippen molar-refractivity contribution in [2.75, 3.05) is 43.9 Å². The van der Waals surface area contributed by atoms with Crippen LogP contribution in [0.3, 0.4) is 0 Å². The first-order valence-electron chi connectivity index (χ1n) is 10.2. The molecule has 0 radical (unpaired) electrons. The van der Waals surface area contributed by atoms with E-state index in [2.05, 4.69) is 48.6 Å². The molecule has 4 heterocycles. The summed E-state index contributed by atoms with van der Waals surface area (Å²) in [6, 6.07) is 4.14. The van der Waals surface area contributed by atoms with Crippen molar-refractivity contribution < 1.29 is 0 Å². The van der Waals surface area contributed by atoms with E-state index >= 15 is 0 Å². The molecule has 0 spiro atoms. The van der Waals surface area contributed by atoms with Crippen LogP contribution in [0.2, 0.25) is 0 Å². The van der Waals surface area contributed by atoms with Crippen molar-refractivity contribution in [3.63, 3.8) is 0 Å². The van der Waals surface area contributed by atoms with Gasteiger partial charge in [0, 0.05) is 37.3 Å². The van der Waals surface area contributed by atoms with E-state index in [0.29, 0.717) is 17.1 Å². The molecule has 0 atom stereocenters. The molecule has 0 saturated carbocycles. The first-order chi connectivity index (χ1) is 14.3. The number of aromatic nitrogens is 3. The number of rotatable bonds is 2. The summed E-state index contributed by atoms with van der Waals surface area (Å²) in [6.45, 7) is 4.10. The molecule has 1 saturated heterocycles. The van der Waals surface area contributed by atoms with Crippen LogP contribution in [-0.4, -0.2) is 76.6 Å². The van der Waals surface area contributed by atoms with Crippen molar-refractivity contribution in [3.8, 4) is 11.4 Å². The van der Waals surface area contributed by atoms with Crippen LogP contribution in [0.1, 0.15) is 0 Å². The highest BCUT2D eigenvalue weighted by Gasteiger charge is 2.22. The first-order valence-corrected chi connectivity index (χ1v) is 11.0. The van der Waals surface area contributed by atoms with Gasteiger partial charge in [-0.15, -0.1) is 11.3 Å². The number of likely N-dealkylation sites (N-methyl/N-ethyl adjacent to an activating group) is 1. The average Bonchev–Trinajstić information content (AvgIpc) is 3.26. The average molecular weight is 416 g/mol. The Morgan fingerprint density at radius 3 is 2.60 bits per heavy atom. The number of aromatic amines is 2. The molecule has 0 unspecified atom stereocenters. The largest absolute Gasteiger partial charge is 0.397 e. The number of H-pyrrole nitrogens is 2. The monoisotopic (exact) mass is 416 g/mol.